The molecular weight excluding hydrogens is 304 g/mol. The maximum Gasteiger partial charge on any atom is 0.234 e. The molecule has 3 nitrogen and oxygen atoms in total. The SMILES string of the molecule is CCCc1ccc(NC(=O)CSCc2ccc(C#N)cc2)cc1. The van der Waals surface area contributed by atoms with Gasteiger partial charge in [-0.2, -0.15) is 5.26 Å². The van der Waals surface area contributed by atoms with Crippen LogP contribution in [-0.2, 0) is 17.0 Å². The lowest BCUT2D eigenvalue weighted by molar-refractivity contribution is -0.113. The van der Waals surface area contributed by atoms with E-state index in [1.807, 2.05) is 24.3 Å². The van der Waals surface area contributed by atoms with Gasteiger partial charge in [0.25, 0.3) is 0 Å². The number of amides is 1. The normalized spacial score (nSPS) is 10.1. The highest BCUT2D eigenvalue weighted by Gasteiger charge is 2.03. The van der Waals surface area contributed by atoms with Gasteiger partial charge in [-0.15, -0.1) is 11.8 Å². The molecule has 0 aliphatic carbocycles. The van der Waals surface area contributed by atoms with Gasteiger partial charge in [0.15, 0.2) is 0 Å². The molecule has 0 unspecified atom stereocenters. The number of nitriles is 1. The van der Waals surface area contributed by atoms with Gasteiger partial charge in [-0.25, -0.2) is 0 Å². The molecule has 0 radical (unpaired) electrons. The molecule has 1 amide bonds. The Morgan fingerprint density at radius 2 is 1.74 bits per heavy atom. The first-order valence-corrected chi connectivity index (χ1v) is 8.82. The number of aryl methyl sites for hydroxylation is 1. The molecule has 0 heterocycles. The lowest BCUT2D eigenvalue weighted by atomic mass is 10.1. The summed E-state index contributed by atoms with van der Waals surface area (Å²) >= 11 is 1.56. The molecule has 2 rings (SSSR count). The van der Waals surface area contributed by atoms with E-state index in [4.69, 9.17) is 5.26 Å². The monoisotopic (exact) mass is 324 g/mol. The first-order chi connectivity index (χ1) is 11.2. The van der Waals surface area contributed by atoms with Crippen molar-refractivity contribution in [3.8, 4) is 6.07 Å². The van der Waals surface area contributed by atoms with E-state index in [-0.39, 0.29) is 5.91 Å². The minimum atomic E-state index is 0.00638. The number of nitrogens with one attached hydrogen (secondary N) is 1. The minimum absolute atomic E-state index is 0.00638. The maximum atomic E-state index is 11.9. The van der Waals surface area contributed by atoms with Gasteiger partial charge < -0.3 is 5.32 Å². The van der Waals surface area contributed by atoms with Crippen LogP contribution in [0.5, 0.6) is 0 Å². The topological polar surface area (TPSA) is 52.9 Å². The zero-order chi connectivity index (χ0) is 16.5. The van der Waals surface area contributed by atoms with Crippen LogP contribution in [-0.4, -0.2) is 11.7 Å². The van der Waals surface area contributed by atoms with Crippen molar-refractivity contribution >= 4 is 23.4 Å². The van der Waals surface area contributed by atoms with Gasteiger partial charge in [-0.1, -0.05) is 37.6 Å². The van der Waals surface area contributed by atoms with E-state index in [2.05, 4.69) is 30.4 Å². The van der Waals surface area contributed by atoms with E-state index in [1.54, 1.807) is 23.9 Å². The summed E-state index contributed by atoms with van der Waals surface area (Å²) in [6.07, 6.45) is 2.19. The molecule has 2 aromatic rings. The molecule has 0 saturated heterocycles. The molecule has 23 heavy (non-hydrogen) atoms. The summed E-state index contributed by atoms with van der Waals surface area (Å²) in [6, 6.07) is 17.6. The van der Waals surface area contributed by atoms with Crippen LogP contribution in [0.4, 0.5) is 5.69 Å². The number of benzene rings is 2. The number of thioether (sulfide) groups is 1. The average molecular weight is 324 g/mol. The Hall–Kier alpha value is -2.25. The largest absolute Gasteiger partial charge is 0.325 e. The fourth-order valence-corrected chi connectivity index (χ4v) is 2.97. The Labute approximate surface area is 141 Å². The third-order valence-corrected chi connectivity index (χ3v) is 4.37. The molecule has 1 N–H and O–H groups in total. The molecule has 0 atom stereocenters. The highest BCUT2D eigenvalue weighted by molar-refractivity contribution is 7.99. The van der Waals surface area contributed by atoms with Crippen LogP contribution in [0.3, 0.4) is 0 Å². The Morgan fingerprint density at radius 3 is 2.35 bits per heavy atom. The van der Waals surface area contributed by atoms with Crippen LogP contribution in [0.15, 0.2) is 48.5 Å². The zero-order valence-corrected chi connectivity index (χ0v) is 14.0. The Bertz CT molecular complexity index is 672. The molecule has 0 aliphatic rings. The highest BCUT2D eigenvalue weighted by Crippen LogP contribution is 2.15. The van der Waals surface area contributed by atoms with Crippen molar-refractivity contribution in [3.05, 3.63) is 65.2 Å². The lowest BCUT2D eigenvalue weighted by Gasteiger charge is -2.06. The summed E-state index contributed by atoms with van der Waals surface area (Å²) in [7, 11) is 0. The average Bonchev–Trinajstić information content (AvgIpc) is 2.57. The van der Waals surface area contributed by atoms with Crippen molar-refractivity contribution in [1.29, 1.82) is 5.26 Å². The summed E-state index contributed by atoms with van der Waals surface area (Å²) in [5.41, 5.74) is 3.91. The van der Waals surface area contributed by atoms with Crippen molar-refractivity contribution in [2.24, 2.45) is 0 Å². The van der Waals surface area contributed by atoms with Gasteiger partial charge in [-0.05, 0) is 41.8 Å². The third kappa shape index (κ3) is 5.80. The number of hydrogen-bond donors (Lipinski definition) is 1. The summed E-state index contributed by atoms with van der Waals surface area (Å²) in [4.78, 5) is 11.9. The third-order valence-electron chi connectivity index (χ3n) is 3.36. The number of rotatable bonds is 7. The van der Waals surface area contributed by atoms with Crippen LogP contribution in [0.25, 0.3) is 0 Å². The predicted octanol–water partition coefficient (Wildman–Crippen LogP) is 4.38. The highest BCUT2D eigenvalue weighted by atomic mass is 32.2. The number of nitrogens with zero attached hydrogens (tertiary/aromatic N) is 1. The molecule has 0 spiro atoms. The van der Waals surface area contributed by atoms with E-state index in [1.165, 1.54) is 5.56 Å². The number of carbonyl (C=O) groups is 1. The predicted molar refractivity (Wildman–Crippen MR) is 96.4 cm³/mol. The van der Waals surface area contributed by atoms with Gasteiger partial charge in [0.2, 0.25) is 5.91 Å². The second-order valence-electron chi connectivity index (χ2n) is 5.30. The van der Waals surface area contributed by atoms with E-state index >= 15 is 0 Å². The maximum absolute atomic E-state index is 11.9. The van der Waals surface area contributed by atoms with Gasteiger partial charge in [0, 0.05) is 11.4 Å². The quantitative estimate of drug-likeness (QED) is 0.822. The number of carbonyl (C=O) groups excluding carboxylic acids is 1. The van der Waals surface area contributed by atoms with E-state index in [0.29, 0.717) is 11.3 Å². The first-order valence-electron chi connectivity index (χ1n) is 7.67. The molecule has 2 aromatic carbocycles. The molecule has 118 valence electrons. The molecule has 0 aromatic heterocycles. The number of hydrogen-bond acceptors (Lipinski definition) is 3. The van der Waals surface area contributed by atoms with Gasteiger partial charge >= 0.3 is 0 Å². The van der Waals surface area contributed by atoms with Crippen molar-refractivity contribution in [1.82, 2.24) is 0 Å². The molecule has 0 aliphatic heterocycles. The Morgan fingerprint density at radius 1 is 1.09 bits per heavy atom. The molecule has 4 heteroatoms. The minimum Gasteiger partial charge on any atom is -0.325 e. The van der Waals surface area contributed by atoms with Crippen molar-refractivity contribution in [2.45, 2.75) is 25.5 Å². The summed E-state index contributed by atoms with van der Waals surface area (Å²) in [6.45, 7) is 2.15. The van der Waals surface area contributed by atoms with Crippen LogP contribution in [0, 0.1) is 11.3 Å². The Balaban J connectivity index is 1.75. The van der Waals surface area contributed by atoms with Crippen LogP contribution in [0.1, 0.15) is 30.0 Å². The fourth-order valence-electron chi connectivity index (χ4n) is 2.18. The molecular formula is C19H20N2OS. The van der Waals surface area contributed by atoms with Crippen LogP contribution in [0.2, 0.25) is 0 Å². The zero-order valence-electron chi connectivity index (χ0n) is 13.2. The molecule has 0 fully saturated rings. The molecule has 0 saturated carbocycles. The van der Waals surface area contributed by atoms with Gasteiger partial charge in [0.05, 0.1) is 17.4 Å². The van der Waals surface area contributed by atoms with E-state index in [9.17, 15) is 4.79 Å². The van der Waals surface area contributed by atoms with Gasteiger partial charge in [-0.3, -0.25) is 4.79 Å². The summed E-state index contributed by atoms with van der Waals surface area (Å²) in [5.74, 6) is 1.18. The number of anilines is 1. The summed E-state index contributed by atoms with van der Waals surface area (Å²) < 4.78 is 0. The van der Waals surface area contributed by atoms with E-state index in [0.717, 1.165) is 29.8 Å². The van der Waals surface area contributed by atoms with Crippen LogP contribution < -0.4 is 5.32 Å². The first kappa shape index (κ1) is 17.1. The van der Waals surface area contributed by atoms with Crippen molar-refractivity contribution < 1.29 is 4.79 Å². The van der Waals surface area contributed by atoms with Crippen LogP contribution >= 0.6 is 11.8 Å². The molecule has 0 bridgehead atoms. The standard InChI is InChI=1S/C19H20N2OS/c1-2-3-15-8-10-18(11-9-15)21-19(22)14-23-13-17-6-4-16(12-20)5-7-17/h4-11H,2-3,13-14H2,1H3,(H,21,22). The van der Waals surface area contributed by atoms with Crippen molar-refractivity contribution in [3.63, 3.8) is 0 Å². The second kappa shape index (κ2) is 9.02. The lowest BCUT2D eigenvalue weighted by Crippen LogP contribution is -2.14. The Kier molecular flexibility index (Phi) is 6.71. The van der Waals surface area contributed by atoms with Crippen molar-refractivity contribution in [2.75, 3.05) is 11.1 Å². The second-order valence-corrected chi connectivity index (χ2v) is 6.28. The van der Waals surface area contributed by atoms with Gasteiger partial charge in [0.1, 0.15) is 0 Å². The smallest absolute Gasteiger partial charge is 0.234 e. The van der Waals surface area contributed by atoms with E-state index < -0.39 is 0 Å². The fraction of sp³-hybridized carbons (Fsp3) is 0.263. The summed E-state index contributed by atoms with van der Waals surface area (Å²) in [5, 5.41) is 11.7.